The zero-order chi connectivity index (χ0) is 11.9. The summed E-state index contributed by atoms with van der Waals surface area (Å²) in [7, 11) is 0. The molecule has 0 saturated carbocycles. The molecule has 1 aromatic heterocycles. The maximum absolute atomic E-state index is 11.7. The summed E-state index contributed by atoms with van der Waals surface area (Å²) in [5.41, 5.74) is 9.84. The van der Waals surface area contributed by atoms with Gasteiger partial charge in [0.05, 0.1) is 11.0 Å². The van der Waals surface area contributed by atoms with Crippen molar-refractivity contribution in [3.63, 3.8) is 0 Å². The maximum Gasteiger partial charge on any atom is 0.326 e. The van der Waals surface area contributed by atoms with Crippen LogP contribution in [0.1, 0.15) is 18.1 Å². The summed E-state index contributed by atoms with van der Waals surface area (Å²) >= 11 is 0. The Bertz CT molecular complexity index is 578. The predicted molar refractivity (Wildman–Crippen MR) is 65.7 cm³/mol. The molecule has 0 radical (unpaired) electrons. The molecule has 0 aliphatic carbocycles. The molecular formula is C12H17N3O. The highest BCUT2D eigenvalue weighted by Crippen LogP contribution is 2.16. The molecule has 16 heavy (non-hydrogen) atoms. The number of aryl methyl sites for hydroxylation is 2. The lowest BCUT2D eigenvalue weighted by atomic mass is 10.1. The summed E-state index contributed by atoms with van der Waals surface area (Å²) in [6.07, 6.45) is 0. The van der Waals surface area contributed by atoms with Crippen molar-refractivity contribution in [2.75, 3.05) is 0 Å². The van der Waals surface area contributed by atoms with E-state index in [1.54, 1.807) is 4.57 Å². The zero-order valence-corrected chi connectivity index (χ0v) is 9.87. The van der Waals surface area contributed by atoms with Crippen molar-refractivity contribution in [2.45, 2.75) is 33.4 Å². The highest BCUT2D eigenvalue weighted by Gasteiger charge is 2.09. The number of nitrogens with zero attached hydrogens (tertiary/aromatic N) is 1. The first-order chi connectivity index (χ1) is 7.49. The van der Waals surface area contributed by atoms with Gasteiger partial charge in [-0.05, 0) is 44.0 Å². The number of aromatic amines is 1. The summed E-state index contributed by atoms with van der Waals surface area (Å²) < 4.78 is 1.70. The lowest BCUT2D eigenvalue weighted by Crippen LogP contribution is -2.28. The molecule has 0 fully saturated rings. The molecule has 2 aromatic rings. The van der Waals surface area contributed by atoms with Crippen LogP contribution in [0.25, 0.3) is 11.0 Å². The van der Waals surface area contributed by atoms with Crippen LogP contribution >= 0.6 is 0 Å². The van der Waals surface area contributed by atoms with Crippen molar-refractivity contribution in [1.29, 1.82) is 0 Å². The van der Waals surface area contributed by atoms with Crippen molar-refractivity contribution >= 4 is 11.0 Å². The number of hydrogen-bond acceptors (Lipinski definition) is 2. The topological polar surface area (TPSA) is 63.8 Å². The molecule has 3 N–H and O–H groups in total. The van der Waals surface area contributed by atoms with Crippen LogP contribution in [0.5, 0.6) is 0 Å². The van der Waals surface area contributed by atoms with E-state index in [9.17, 15) is 4.79 Å². The normalized spacial score (nSPS) is 13.2. The van der Waals surface area contributed by atoms with Crippen molar-refractivity contribution in [3.05, 3.63) is 33.7 Å². The molecule has 1 aromatic carbocycles. The molecule has 1 heterocycles. The average molecular weight is 219 g/mol. The Kier molecular flexibility index (Phi) is 2.59. The van der Waals surface area contributed by atoms with Gasteiger partial charge in [0, 0.05) is 12.6 Å². The van der Waals surface area contributed by atoms with Crippen LogP contribution < -0.4 is 11.4 Å². The van der Waals surface area contributed by atoms with Crippen LogP contribution in [0.3, 0.4) is 0 Å². The molecule has 86 valence electrons. The highest BCUT2D eigenvalue weighted by molar-refractivity contribution is 5.77. The Balaban J connectivity index is 2.69. The lowest BCUT2D eigenvalue weighted by molar-refractivity contribution is 0.588. The van der Waals surface area contributed by atoms with Crippen molar-refractivity contribution in [2.24, 2.45) is 5.73 Å². The lowest BCUT2D eigenvalue weighted by Gasteiger charge is -2.07. The minimum absolute atomic E-state index is 0.0293. The summed E-state index contributed by atoms with van der Waals surface area (Å²) in [6, 6.07) is 4.01. The highest BCUT2D eigenvalue weighted by atomic mass is 16.1. The van der Waals surface area contributed by atoms with Gasteiger partial charge in [0.15, 0.2) is 0 Å². The van der Waals surface area contributed by atoms with E-state index >= 15 is 0 Å². The molecule has 0 bridgehead atoms. The summed E-state index contributed by atoms with van der Waals surface area (Å²) in [5, 5.41) is 0. The number of imidazole rings is 1. The van der Waals surface area contributed by atoms with E-state index in [1.807, 2.05) is 32.9 Å². The molecular weight excluding hydrogens is 202 g/mol. The standard InChI is InChI=1S/C12H17N3O/c1-7-4-10-11(5-8(7)2)15(6-9(3)13)12(16)14-10/h4-5,9H,6,13H2,1-3H3,(H,14,16). The molecule has 0 spiro atoms. The van der Waals surface area contributed by atoms with Crippen molar-refractivity contribution in [3.8, 4) is 0 Å². The first-order valence-electron chi connectivity index (χ1n) is 5.44. The third-order valence-electron chi connectivity index (χ3n) is 2.86. The molecule has 4 nitrogen and oxygen atoms in total. The number of nitrogens with one attached hydrogen (secondary N) is 1. The van der Waals surface area contributed by atoms with E-state index < -0.39 is 0 Å². The molecule has 1 unspecified atom stereocenters. The minimum Gasteiger partial charge on any atom is -0.326 e. The zero-order valence-electron chi connectivity index (χ0n) is 9.87. The predicted octanol–water partition coefficient (Wildman–Crippen LogP) is 1.29. The third-order valence-corrected chi connectivity index (χ3v) is 2.86. The van der Waals surface area contributed by atoms with Crippen LogP contribution in [0.4, 0.5) is 0 Å². The molecule has 1 atom stereocenters. The van der Waals surface area contributed by atoms with E-state index in [2.05, 4.69) is 4.98 Å². The number of nitrogens with two attached hydrogens (primary N) is 1. The van der Waals surface area contributed by atoms with E-state index in [1.165, 1.54) is 11.1 Å². The largest absolute Gasteiger partial charge is 0.326 e. The van der Waals surface area contributed by atoms with Gasteiger partial charge in [-0.1, -0.05) is 0 Å². The molecule has 0 aliphatic heterocycles. The third kappa shape index (κ3) is 1.76. The Morgan fingerprint density at radius 1 is 1.38 bits per heavy atom. The maximum atomic E-state index is 11.7. The molecule has 4 heteroatoms. The smallest absolute Gasteiger partial charge is 0.326 e. The molecule has 0 aliphatic rings. The van der Waals surface area contributed by atoms with Gasteiger partial charge in [-0.2, -0.15) is 0 Å². The quantitative estimate of drug-likeness (QED) is 0.799. The number of hydrogen-bond donors (Lipinski definition) is 2. The Hall–Kier alpha value is -1.55. The summed E-state index contributed by atoms with van der Waals surface area (Å²) in [5.74, 6) is 0. The number of H-pyrrole nitrogens is 1. The number of rotatable bonds is 2. The number of aromatic nitrogens is 2. The van der Waals surface area contributed by atoms with Crippen molar-refractivity contribution in [1.82, 2.24) is 9.55 Å². The van der Waals surface area contributed by atoms with Crippen LogP contribution in [0, 0.1) is 13.8 Å². The monoisotopic (exact) mass is 219 g/mol. The second kappa shape index (κ2) is 3.79. The Morgan fingerprint density at radius 2 is 2.00 bits per heavy atom. The first-order valence-corrected chi connectivity index (χ1v) is 5.44. The Labute approximate surface area is 94.1 Å². The second-order valence-corrected chi connectivity index (χ2v) is 4.47. The molecule has 0 amide bonds. The van der Waals surface area contributed by atoms with Gasteiger partial charge >= 0.3 is 5.69 Å². The van der Waals surface area contributed by atoms with Crippen LogP contribution in [0.15, 0.2) is 16.9 Å². The Morgan fingerprint density at radius 3 is 2.62 bits per heavy atom. The van der Waals surface area contributed by atoms with E-state index in [-0.39, 0.29) is 11.7 Å². The van der Waals surface area contributed by atoms with Crippen LogP contribution in [0.2, 0.25) is 0 Å². The van der Waals surface area contributed by atoms with E-state index in [0.717, 1.165) is 11.0 Å². The van der Waals surface area contributed by atoms with E-state index in [0.29, 0.717) is 6.54 Å². The molecule has 0 saturated heterocycles. The van der Waals surface area contributed by atoms with Crippen LogP contribution in [-0.4, -0.2) is 15.6 Å². The number of benzene rings is 1. The van der Waals surface area contributed by atoms with Gasteiger partial charge in [-0.3, -0.25) is 4.57 Å². The average Bonchev–Trinajstić information content (AvgIpc) is 2.45. The van der Waals surface area contributed by atoms with Gasteiger partial charge in [0.1, 0.15) is 0 Å². The van der Waals surface area contributed by atoms with Gasteiger partial charge < -0.3 is 10.7 Å². The molecule has 2 rings (SSSR count). The van der Waals surface area contributed by atoms with E-state index in [4.69, 9.17) is 5.73 Å². The fourth-order valence-corrected chi connectivity index (χ4v) is 1.89. The first kappa shape index (κ1) is 11.0. The van der Waals surface area contributed by atoms with Gasteiger partial charge in [0.25, 0.3) is 0 Å². The summed E-state index contributed by atoms with van der Waals surface area (Å²) in [6.45, 7) is 6.52. The van der Waals surface area contributed by atoms with Crippen LogP contribution in [-0.2, 0) is 6.54 Å². The van der Waals surface area contributed by atoms with Gasteiger partial charge in [-0.15, -0.1) is 0 Å². The van der Waals surface area contributed by atoms with Gasteiger partial charge in [0.2, 0.25) is 0 Å². The second-order valence-electron chi connectivity index (χ2n) is 4.47. The fourth-order valence-electron chi connectivity index (χ4n) is 1.89. The van der Waals surface area contributed by atoms with Crippen molar-refractivity contribution < 1.29 is 0 Å². The SMILES string of the molecule is Cc1cc2[nH]c(=O)n(CC(C)N)c2cc1C. The fraction of sp³-hybridized carbons (Fsp3) is 0.417. The van der Waals surface area contributed by atoms with Gasteiger partial charge in [-0.25, -0.2) is 4.79 Å². The minimum atomic E-state index is -0.0858. The number of fused-ring (bicyclic) bond motifs is 1. The summed E-state index contributed by atoms with van der Waals surface area (Å²) in [4.78, 5) is 14.6.